The van der Waals surface area contributed by atoms with Crippen LogP contribution in [0.2, 0.25) is 0 Å². The Balaban J connectivity index is 2.15. The molecule has 1 fully saturated rings. The first-order chi connectivity index (χ1) is 7.53. The molecule has 2 atom stereocenters. The zero-order valence-corrected chi connectivity index (χ0v) is 9.91. The van der Waals surface area contributed by atoms with Crippen LogP contribution >= 0.6 is 11.8 Å². The van der Waals surface area contributed by atoms with Gasteiger partial charge >= 0.3 is 5.51 Å². The third-order valence-electron chi connectivity index (χ3n) is 2.92. The molecule has 0 bridgehead atoms. The average molecular weight is 257 g/mol. The minimum atomic E-state index is -4.13. The molecule has 1 aliphatic rings. The largest absolute Gasteiger partial charge is 0.441 e. The maximum Gasteiger partial charge on any atom is 0.441 e. The monoisotopic (exact) mass is 257 g/mol. The van der Waals surface area contributed by atoms with Crippen LogP contribution in [0.15, 0.2) is 0 Å². The summed E-state index contributed by atoms with van der Waals surface area (Å²) in [4.78, 5) is 0. The van der Waals surface area contributed by atoms with E-state index in [4.69, 9.17) is 5.11 Å². The molecule has 16 heavy (non-hydrogen) atoms. The van der Waals surface area contributed by atoms with Crippen LogP contribution < -0.4 is 5.32 Å². The second-order valence-corrected chi connectivity index (χ2v) is 5.24. The van der Waals surface area contributed by atoms with E-state index in [2.05, 4.69) is 5.32 Å². The molecule has 0 spiro atoms. The van der Waals surface area contributed by atoms with Crippen molar-refractivity contribution in [2.24, 2.45) is 5.92 Å². The SMILES string of the molecule is OCC1CCCCC1NCCSC(F)(F)F. The van der Waals surface area contributed by atoms with Gasteiger partial charge in [-0.1, -0.05) is 12.8 Å². The van der Waals surface area contributed by atoms with Crippen molar-refractivity contribution in [3.63, 3.8) is 0 Å². The van der Waals surface area contributed by atoms with Crippen LogP contribution in [-0.4, -0.2) is 35.6 Å². The van der Waals surface area contributed by atoms with Crippen LogP contribution in [0.4, 0.5) is 13.2 Å². The number of nitrogens with one attached hydrogen (secondary N) is 1. The number of alkyl halides is 3. The Hall–Kier alpha value is 0.0600. The zero-order valence-electron chi connectivity index (χ0n) is 9.09. The summed E-state index contributed by atoms with van der Waals surface area (Å²) in [6, 6.07) is 0.188. The summed E-state index contributed by atoms with van der Waals surface area (Å²) in [6.07, 6.45) is 4.14. The van der Waals surface area contributed by atoms with Crippen LogP contribution in [0.5, 0.6) is 0 Å². The van der Waals surface area contributed by atoms with Gasteiger partial charge in [-0.15, -0.1) is 0 Å². The van der Waals surface area contributed by atoms with Crippen molar-refractivity contribution >= 4 is 11.8 Å². The second kappa shape index (κ2) is 6.71. The lowest BCUT2D eigenvalue weighted by atomic mass is 9.85. The Labute approximate surface area is 98.0 Å². The number of rotatable bonds is 5. The molecule has 0 aromatic carbocycles. The van der Waals surface area contributed by atoms with Crippen LogP contribution in [-0.2, 0) is 0 Å². The number of aliphatic hydroxyl groups excluding tert-OH is 1. The molecular weight excluding hydrogens is 239 g/mol. The van der Waals surface area contributed by atoms with E-state index in [0.29, 0.717) is 6.54 Å². The summed E-state index contributed by atoms with van der Waals surface area (Å²) in [6.45, 7) is 0.482. The Morgan fingerprint density at radius 2 is 1.94 bits per heavy atom. The van der Waals surface area contributed by atoms with E-state index in [1.165, 1.54) is 0 Å². The maximum absolute atomic E-state index is 11.9. The normalized spacial score (nSPS) is 27.0. The van der Waals surface area contributed by atoms with Crippen molar-refractivity contribution in [1.82, 2.24) is 5.32 Å². The fourth-order valence-electron chi connectivity index (χ4n) is 2.11. The predicted molar refractivity (Wildman–Crippen MR) is 59.3 cm³/mol. The number of aliphatic hydroxyl groups is 1. The molecule has 0 aromatic rings. The van der Waals surface area contributed by atoms with Gasteiger partial charge in [0.05, 0.1) is 0 Å². The van der Waals surface area contributed by atoms with Crippen LogP contribution in [0.3, 0.4) is 0 Å². The number of hydrogen-bond acceptors (Lipinski definition) is 3. The van der Waals surface area contributed by atoms with Crippen molar-refractivity contribution in [2.75, 3.05) is 18.9 Å². The first kappa shape index (κ1) is 14.1. The van der Waals surface area contributed by atoms with E-state index in [-0.39, 0.29) is 36.1 Å². The highest BCUT2D eigenvalue weighted by Gasteiger charge is 2.28. The Kier molecular flexibility index (Phi) is 5.92. The Morgan fingerprint density at radius 3 is 2.56 bits per heavy atom. The molecule has 96 valence electrons. The zero-order chi connectivity index (χ0) is 12.0. The predicted octanol–water partition coefficient (Wildman–Crippen LogP) is 2.38. The topological polar surface area (TPSA) is 32.3 Å². The van der Waals surface area contributed by atoms with Gasteiger partial charge in [0, 0.05) is 24.9 Å². The first-order valence-corrected chi connectivity index (χ1v) is 6.56. The number of hydrogen-bond donors (Lipinski definition) is 2. The quantitative estimate of drug-likeness (QED) is 0.742. The molecule has 0 saturated heterocycles. The summed E-state index contributed by atoms with van der Waals surface area (Å²) < 4.78 is 35.6. The lowest BCUT2D eigenvalue weighted by molar-refractivity contribution is -0.0327. The Morgan fingerprint density at radius 1 is 1.25 bits per heavy atom. The number of halogens is 3. The first-order valence-electron chi connectivity index (χ1n) is 5.58. The highest BCUT2D eigenvalue weighted by atomic mass is 32.2. The van der Waals surface area contributed by atoms with E-state index in [1.54, 1.807) is 0 Å². The van der Waals surface area contributed by atoms with Crippen molar-refractivity contribution in [1.29, 1.82) is 0 Å². The minimum Gasteiger partial charge on any atom is -0.396 e. The van der Waals surface area contributed by atoms with E-state index in [0.717, 1.165) is 25.7 Å². The smallest absolute Gasteiger partial charge is 0.396 e. The molecule has 0 aliphatic heterocycles. The van der Waals surface area contributed by atoms with Gasteiger partial charge in [-0.25, -0.2) is 0 Å². The van der Waals surface area contributed by atoms with Gasteiger partial charge in [0.1, 0.15) is 0 Å². The summed E-state index contributed by atoms with van der Waals surface area (Å²) in [5, 5.41) is 12.2. The highest BCUT2D eigenvalue weighted by molar-refractivity contribution is 8.00. The van der Waals surface area contributed by atoms with Gasteiger partial charge in [0.15, 0.2) is 0 Å². The third-order valence-corrected chi connectivity index (χ3v) is 3.65. The fourth-order valence-corrected chi connectivity index (χ4v) is 2.56. The van der Waals surface area contributed by atoms with Gasteiger partial charge in [-0.3, -0.25) is 0 Å². The van der Waals surface area contributed by atoms with Crippen LogP contribution in [0.1, 0.15) is 25.7 Å². The maximum atomic E-state index is 11.9. The van der Waals surface area contributed by atoms with Crippen molar-refractivity contribution < 1.29 is 18.3 Å². The summed E-state index contributed by atoms with van der Waals surface area (Å²) in [5.41, 5.74) is -4.13. The Bertz CT molecular complexity index is 201. The molecule has 0 aromatic heterocycles. The summed E-state index contributed by atoms with van der Waals surface area (Å²) in [7, 11) is 0. The molecule has 0 heterocycles. The van der Waals surface area contributed by atoms with E-state index in [1.807, 2.05) is 0 Å². The van der Waals surface area contributed by atoms with Crippen LogP contribution in [0, 0.1) is 5.92 Å². The molecule has 1 aliphatic carbocycles. The van der Waals surface area contributed by atoms with Gasteiger partial charge in [0.25, 0.3) is 0 Å². The summed E-state index contributed by atoms with van der Waals surface area (Å²) >= 11 is 0.00598. The fraction of sp³-hybridized carbons (Fsp3) is 1.00. The lowest BCUT2D eigenvalue weighted by Gasteiger charge is -2.31. The van der Waals surface area contributed by atoms with E-state index in [9.17, 15) is 13.2 Å². The van der Waals surface area contributed by atoms with E-state index < -0.39 is 5.51 Å². The molecule has 0 amide bonds. The number of thioether (sulfide) groups is 1. The molecule has 0 radical (unpaired) electrons. The molecule has 1 rings (SSSR count). The average Bonchev–Trinajstić information content (AvgIpc) is 2.23. The van der Waals surface area contributed by atoms with Gasteiger partial charge < -0.3 is 10.4 Å². The standard InChI is InChI=1S/C10H18F3NOS/c11-10(12,13)16-6-5-14-9-4-2-1-3-8(9)7-15/h8-9,14-15H,1-7H2. The third kappa shape index (κ3) is 5.41. The molecular formula is C10H18F3NOS. The molecule has 2 N–H and O–H groups in total. The van der Waals surface area contributed by atoms with Crippen molar-refractivity contribution in [2.45, 2.75) is 37.2 Å². The van der Waals surface area contributed by atoms with Gasteiger partial charge in [-0.2, -0.15) is 13.2 Å². The minimum absolute atomic E-state index is 0.00598. The second-order valence-electron chi connectivity index (χ2n) is 4.08. The van der Waals surface area contributed by atoms with Gasteiger partial charge in [0.2, 0.25) is 0 Å². The summed E-state index contributed by atoms with van der Waals surface area (Å²) in [5.74, 6) is 0.252. The molecule has 2 nitrogen and oxygen atoms in total. The van der Waals surface area contributed by atoms with Crippen molar-refractivity contribution in [3.8, 4) is 0 Å². The molecule has 2 unspecified atom stereocenters. The van der Waals surface area contributed by atoms with Gasteiger partial charge in [-0.05, 0) is 30.5 Å². The highest BCUT2D eigenvalue weighted by Crippen LogP contribution is 2.29. The van der Waals surface area contributed by atoms with E-state index >= 15 is 0 Å². The molecule has 1 saturated carbocycles. The van der Waals surface area contributed by atoms with Crippen molar-refractivity contribution in [3.05, 3.63) is 0 Å². The van der Waals surface area contributed by atoms with Crippen LogP contribution in [0.25, 0.3) is 0 Å². The lowest BCUT2D eigenvalue weighted by Crippen LogP contribution is -2.41. The molecule has 6 heteroatoms.